The fraction of sp³-hybridized carbons (Fsp3) is 0.304. The van der Waals surface area contributed by atoms with Gasteiger partial charge in [0, 0.05) is 10.9 Å². The first-order valence-electron chi connectivity index (χ1n) is 10.3. The van der Waals surface area contributed by atoms with Gasteiger partial charge in [-0.25, -0.2) is 9.97 Å². The van der Waals surface area contributed by atoms with Crippen LogP contribution in [0.5, 0.6) is 0 Å². The van der Waals surface area contributed by atoms with Gasteiger partial charge in [0.2, 0.25) is 17.5 Å². The van der Waals surface area contributed by atoms with Gasteiger partial charge in [-0.3, -0.25) is 14.6 Å². The topological polar surface area (TPSA) is 126 Å². The lowest BCUT2D eigenvalue weighted by Gasteiger charge is -2.21. The molecule has 3 aromatic rings. The number of amides is 1. The molecule has 4 rings (SSSR count). The standard InChI is InChI=1S/C23H25N7O/c1-5-13-7-6-8-14(9-13)30-17(31)10-15-18-16(11-24)22(29(4)12(2)3)27-20(25)19(18)21(26)28-23(15)30/h6-9,12H,5,10H2,1-4H3,(H2,25,27)(H2,26,28)/p+1. The molecule has 5 N–H and O–H groups in total. The van der Waals surface area contributed by atoms with E-state index >= 15 is 0 Å². The lowest BCUT2D eigenvalue weighted by molar-refractivity contribution is -0.344. The van der Waals surface area contributed by atoms with E-state index in [1.807, 2.05) is 50.1 Å². The molecule has 31 heavy (non-hydrogen) atoms. The summed E-state index contributed by atoms with van der Waals surface area (Å²) in [5.74, 6) is 1.45. The number of nitrogens with zero attached hydrogens (tertiary/aromatic N) is 4. The van der Waals surface area contributed by atoms with Gasteiger partial charge in [-0.1, -0.05) is 19.1 Å². The largest absolute Gasteiger partial charge is 0.383 e. The maximum absolute atomic E-state index is 13.1. The van der Waals surface area contributed by atoms with Crippen molar-refractivity contribution in [2.45, 2.75) is 39.7 Å². The van der Waals surface area contributed by atoms with Gasteiger partial charge in [-0.15, -0.1) is 0 Å². The zero-order valence-electron chi connectivity index (χ0n) is 18.2. The number of nitrogen functional groups attached to an aromatic ring is 2. The van der Waals surface area contributed by atoms with Gasteiger partial charge in [-0.05, 0) is 38.0 Å². The molecule has 0 aliphatic carbocycles. The van der Waals surface area contributed by atoms with Crippen LogP contribution in [-0.4, -0.2) is 24.0 Å². The molecule has 158 valence electrons. The Morgan fingerprint density at radius 3 is 2.71 bits per heavy atom. The van der Waals surface area contributed by atoms with Crippen LogP contribution in [-0.2, 0) is 17.6 Å². The Labute approximate surface area is 181 Å². The van der Waals surface area contributed by atoms with E-state index in [1.54, 1.807) is 4.90 Å². The number of aromatic amines is 1. The number of rotatable bonds is 4. The van der Waals surface area contributed by atoms with Crippen molar-refractivity contribution >= 4 is 45.6 Å². The van der Waals surface area contributed by atoms with Crippen LogP contribution in [0, 0.1) is 11.3 Å². The first-order valence-corrected chi connectivity index (χ1v) is 10.3. The number of H-pyrrole nitrogens is 1. The molecule has 0 unspecified atom stereocenters. The fourth-order valence-electron chi connectivity index (χ4n) is 4.06. The lowest BCUT2D eigenvalue weighted by Crippen LogP contribution is -2.33. The molecule has 1 amide bonds. The molecule has 3 heterocycles. The highest BCUT2D eigenvalue weighted by molar-refractivity contribution is 6.15. The summed E-state index contributed by atoms with van der Waals surface area (Å²) in [7, 11) is 1.89. The molecular formula is C23H26N7O+. The maximum atomic E-state index is 13.1. The number of aryl methyl sites for hydroxylation is 1. The van der Waals surface area contributed by atoms with Gasteiger partial charge in [0.05, 0.1) is 30.6 Å². The van der Waals surface area contributed by atoms with Crippen LogP contribution in [0.1, 0.15) is 37.5 Å². The second-order valence-corrected chi connectivity index (χ2v) is 8.06. The summed E-state index contributed by atoms with van der Waals surface area (Å²) < 4.78 is 0. The number of nitrogens with two attached hydrogens (primary N) is 2. The minimum Gasteiger partial charge on any atom is -0.383 e. The molecule has 0 fully saturated rings. The third kappa shape index (κ3) is 3.10. The number of nitrogens with one attached hydrogen (secondary N) is 1. The predicted molar refractivity (Wildman–Crippen MR) is 122 cm³/mol. The zero-order chi connectivity index (χ0) is 22.4. The second-order valence-electron chi connectivity index (χ2n) is 8.06. The average Bonchev–Trinajstić information content (AvgIpc) is 3.08. The summed E-state index contributed by atoms with van der Waals surface area (Å²) in [6.07, 6.45) is 0.976. The van der Waals surface area contributed by atoms with Gasteiger partial charge in [-0.2, -0.15) is 5.26 Å². The number of pyridine rings is 2. The van der Waals surface area contributed by atoms with E-state index < -0.39 is 0 Å². The summed E-state index contributed by atoms with van der Waals surface area (Å²) in [5, 5.41) is 11.1. The van der Waals surface area contributed by atoms with Crippen molar-refractivity contribution in [3.8, 4) is 6.07 Å². The summed E-state index contributed by atoms with van der Waals surface area (Å²) in [4.78, 5) is 24.3. The van der Waals surface area contributed by atoms with Gasteiger partial charge < -0.3 is 11.5 Å². The van der Waals surface area contributed by atoms with Crippen molar-refractivity contribution in [1.82, 2.24) is 4.98 Å². The second kappa shape index (κ2) is 7.43. The Morgan fingerprint density at radius 2 is 2.06 bits per heavy atom. The highest BCUT2D eigenvalue weighted by Gasteiger charge is 2.36. The number of hydrogen-bond donors (Lipinski definition) is 2. The van der Waals surface area contributed by atoms with Gasteiger partial charge >= 0.3 is 0 Å². The molecular weight excluding hydrogens is 390 g/mol. The van der Waals surface area contributed by atoms with E-state index in [1.165, 1.54) is 0 Å². The van der Waals surface area contributed by atoms with Gasteiger partial charge in [0.1, 0.15) is 23.3 Å². The van der Waals surface area contributed by atoms with Crippen molar-refractivity contribution in [3.05, 3.63) is 41.0 Å². The smallest absolute Gasteiger partial charge is 0.240 e. The van der Waals surface area contributed by atoms with Crippen LogP contribution in [0.3, 0.4) is 0 Å². The minimum atomic E-state index is -0.114. The number of hydrogen-bond acceptors (Lipinski definition) is 6. The van der Waals surface area contributed by atoms with Crippen LogP contribution < -0.4 is 26.3 Å². The third-order valence-corrected chi connectivity index (χ3v) is 5.92. The molecule has 0 saturated heterocycles. The Morgan fingerprint density at radius 1 is 1.32 bits per heavy atom. The van der Waals surface area contributed by atoms with Crippen LogP contribution >= 0.6 is 0 Å². The third-order valence-electron chi connectivity index (χ3n) is 5.92. The minimum absolute atomic E-state index is 0.114. The monoisotopic (exact) mass is 416 g/mol. The van der Waals surface area contributed by atoms with Crippen LogP contribution in [0.25, 0.3) is 10.8 Å². The van der Waals surface area contributed by atoms with Crippen molar-refractivity contribution in [1.29, 1.82) is 5.26 Å². The van der Waals surface area contributed by atoms with Gasteiger partial charge in [0.25, 0.3) is 0 Å². The quantitative estimate of drug-likeness (QED) is 0.673. The fourth-order valence-corrected chi connectivity index (χ4v) is 4.06. The normalized spacial score (nSPS) is 13.0. The molecule has 0 bridgehead atoms. The van der Waals surface area contributed by atoms with Crippen molar-refractivity contribution in [2.75, 3.05) is 28.3 Å². The van der Waals surface area contributed by atoms with Crippen LogP contribution in [0.2, 0.25) is 0 Å². The number of carbonyl (C=O) groups excluding carboxylic acids is 1. The number of anilines is 5. The number of nitriles is 1. The van der Waals surface area contributed by atoms with Crippen LogP contribution in [0.4, 0.5) is 29.0 Å². The Balaban J connectivity index is 2.05. The molecule has 1 aliphatic rings. The molecule has 2 aromatic heterocycles. The SMILES string of the molecule is CCc1cccc(N2C(=O)Cc3c2nc(N)c2c(N)[nH+]c(N(C)C(C)C)c(C#N)c32)c1. The number of aromatic nitrogens is 2. The van der Waals surface area contributed by atoms with Crippen molar-refractivity contribution in [2.24, 2.45) is 0 Å². The molecule has 8 heteroatoms. The van der Waals surface area contributed by atoms with E-state index in [0.717, 1.165) is 17.7 Å². The number of fused-ring (bicyclic) bond motifs is 3. The molecule has 0 saturated carbocycles. The summed E-state index contributed by atoms with van der Waals surface area (Å²) >= 11 is 0. The first kappa shape index (κ1) is 20.4. The van der Waals surface area contributed by atoms with Crippen molar-refractivity contribution < 1.29 is 9.78 Å². The van der Waals surface area contributed by atoms with E-state index in [-0.39, 0.29) is 24.2 Å². The molecule has 0 spiro atoms. The Hall–Kier alpha value is -3.86. The molecule has 1 aromatic carbocycles. The number of benzene rings is 1. The van der Waals surface area contributed by atoms with Crippen LogP contribution in [0.15, 0.2) is 24.3 Å². The van der Waals surface area contributed by atoms with E-state index in [0.29, 0.717) is 39.4 Å². The van der Waals surface area contributed by atoms with E-state index in [4.69, 9.17) is 11.5 Å². The molecule has 0 radical (unpaired) electrons. The lowest BCUT2D eigenvalue weighted by atomic mass is 10.00. The van der Waals surface area contributed by atoms with Crippen molar-refractivity contribution in [3.63, 3.8) is 0 Å². The molecule has 0 atom stereocenters. The number of carbonyl (C=O) groups is 1. The highest BCUT2D eigenvalue weighted by atomic mass is 16.2. The van der Waals surface area contributed by atoms with E-state index in [2.05, 4.69) is 23.0 Å². The Kier molecular flexibility index (Phi) is 4.90. The zero-order valence-corrected chi connectivity index (χ0v) is 18.2. The highest BCUT2D eigenvalue weighted by Crippen LogP contribution is 2.43. The summed E-state index contributed by atoms with van der Waals surface area (Å²) in [6.45, 7) is 6.10. The maximum Gasteiger partial charge on any atom is 0.240 e. The van der Waals surface area contributed by atoms with E-state index in [9.17, 15) is 10.1 Å². The average molecular weight is 417 g/mol. The Bertz CT molecular complexity index is 1260. The molecule has 1 aliphatic heterocycles. The predicted octanol–water partition coefficient (Wildman–Crippen LogP) is 2.71. The molecule has 8 nitrogen and oxygen atoms in total. The summed E-state index contributed by atoms with van der Waals surface area (Å²) in [6, 6.07) is 10.2. The first-order chi connectivity index (χ1) is 14.8. The van der Waals surface area contributed by atoms with Gasteiger partial charge in [0.15, 0.2) is 0 Å². The summed E-state index contributed by atoms with van der Waals surface area (Å²) in [5.41, 5.74) is 15.6.